The Labute approximate surface area is 114 Å². The lowest BCUT2D eigenvalue weighted by Gasteiger charge is -2.08. The molecule has 0 saturated heterocycles. The molecule has 0 aromatic heterocycles. The summed E-state index contributed by atoms with van der Waals surface area (Å²) in [7, 11) is 3.73. The van der Waals surface area contributed by atoms with Crippen LogP contribution < -0.4 is 9.47 Å². The van der Waals surface area contributed by atoms with E-state index in [0.29, 0.717) is 15.8 Å². The Morgan fingerprint density at radius 2 is 2.11 bits per heavy atom. The van der Waals surface area contributed by atoms with Gasteiger partial charge in [-0.2, -0.15) is 4.99 Å². The molecule has 2 heterocycles. The van der Waals surface area contributed by atoms with Gasteiger partial charge in [0.05, 0.1) is 4.91 Å². The van der Waals surface area contributed by atoms with Gasteiger partial charge in [-0.25, -0.2) is 0 Å². The number of aliphatic imine (C=N–C) groups is 1. The molecule has 0 fully saturated rings. The van der Waals surface area contributed by atoms with Crippen molar-refractivity contribution >= 4 is 28.9 Å². The van der Waals surface area contributed by atoms with Gasteiger partial charge in [-0.3, -0.25) is 4.79 Å². The fraction of sp³-hybridized carbons (Fsp3) is 0.231. The van der Waals surface area contributed by atoms with Crippen molar-refractivity contribution in [3.63, 3.8) is 0 Å². The van der Waals surface area contributed by atoms with E-state index >= 15 is 0 Å². The normalized spacial score (nSPS) is 18.9. The van der Waals surface area contributed by atoms with E-state index in [1.807, 2.05) is 43.3 Å². The van der Waals surface area contributed by atoms with Crippen LogP contribution in [0.2, 0.25) is 0 Å². The van der Waals surface area contributed by atoms with Crippen LogP contribution in [0.25, 0.3) is 6.08 Å². The van der Waals surface area contributed by atoms with Gasteiger partial charge in [0.1, 0.15) is 0 Å². The fourth-order valence-electron chi connectivity index (χ4n) is 1.74. The number of nitrogens with zero attached hydrogens (tertiary/aromatic N) is 2. The number of hydrogen-bond donors (Lipinski definition) is 0. The van der Waals surface area contributed by atoms with Crippen molar-refractivity contribution in [1.82, 2.24) is 4.90 Å². The van der Waals surface area contributed by atoms with E-state index in [9.17, 15) is 4.79 Å². The maximum absolute atomic E-state index is 11.8. The standard InChI is InChI=1S/C13H12N2O3S/c1-15(2)13-14-12(16)11(19-13)6-8-3-4-9-10(5-8)18-7-17-9/h3-6H,7H2,1-2H3. The molecule has 2 aliphatic heterocycles. The minimum absolute atomic E-state index is 0.202. The number of thioether (sulfide) groups is 1. The smallest absolute Gasteiger partial charge is 0.286 e. The number of amidine groups is 1. The number of amides is 1. The molecule has 0 N–H and O–H groups in total. The molecule has 1 aromatic carbocycles. The van der Waals surface area contributed by atoms with Gasteiger partial charge in [0.25, 0.3) is 5.91 Å². The van der Waals surface area contributed by atoms with Gasteiger partial charge in [0.15, 0.2) is 16.7 Å². The minimum Gasteiger partial charge on any atom is -0.454 e. The first kappa shape index (κ1) is 12.1. The predicted octanol–water partition coefficient (Wildman–Crippen LogP) is 1.95. The molecule has 0 bridgehead atoms. The minimum atomic E-state index is -0.202. The fourth-order valence-corrected chi connectivity index (χ4v) is 2.58. The van der Waals surface area contributed by atoms with Crippen LogP contribution in [-0.4, -0.2) is 36.9 Å². The average molecular weight is 276 g/mol. The largest absolute Gasteiger partial charge is 0.454 e. The monoisotopic (exact) mass is 276 g/mol. The van der Waals surface area contributed by atoms with Crippen LogP contribution in [0.1, 0.15) is 5.56 Å². The summed E-state index contributed by atoms with van der Waals surface area (Å²) in [6.07, 6.45) is 1.81. The lowest BCUT2D eigenvalue weighted by atomic mass is 10.2. The zero-order valence-electron chi connectivity index (χ0n) is 10.5. The highest BCUT2D eigenvalue weighted by molar-refractivity contribution is 8.18. The van der Waals surface area contributed by atoms with Crippen molar-refractivity contribution in [2.45, 2.75) is 0 Å². The number of rotatable bonds is 1. The summed E-state index contributed by atoms with van der Waals surface area (Å²) in [5.41, 5.74) is 0.898. The number of benzene rings is 1. The molecule has 0 unspecified atom stereocenters. The molecule has 6 heteroatoms. The first-order valence-corrected chi connectivity index (χ1v) is 6.55. The van der Waals surface area contributed by atoms with Crippen molar-refractivity contribution < 1.29 is 14.3 Å². The highest BCUT2D eigenvalue weighted by atomic mass is 32.2. The molecule has 98 valence electrons. The summed E-state index contributed by atoms with van der Waals surface area (Å²) >= 11 is 1.37. The molecule has 5 nitrogen and oxygen atoms in total. The van der Waals surface area contributed by atoms with E-state index in [1.54, 1.807) is 0 Å². The third kappa shape index (κ3) is 2.31. The quantitative estimate of drug-likeness (QED) is 0.734. The molecule has 1 amide bonds. The molecule has 0 radical (unpaired) electrons. The Kier molecular flexibility index (Phi) is 2.94. The van der Waals surface area contributed by atoms with E-state index in [1.165, 1.54) is 11.8 Å². The van der Waals surface area contributed by atoms with Gasteiger partial charge >= 0.3 is 0 Å². The first-order chi connectivity index (χ1) is 9.13. The van der Waals surface area contributed by atoms with Crippen LogP contribution in [-0.2, 0) is 4.79 Å². The summed E-state index contributed by atoms with van der Waals surface area (Å²) in [6, 6.07) is 5.59. The third-order valence-corrected chi connectivity index (χ3v) is 3.84. The third-order valence-electron chi connectivity index (χ3n) is 2.69. The van der Waals surface area contributed by atoms with Gasteiger partial charge < -0.3 is 14.4 Å². The Bertz CT molecular complexity index is 608. The van der Waals surface area contributed by atoms with Crippen molar-refractivity contribution in [2.24, 2.45) is 4.99 Å². The van der Waals surface area contributed by atoms with Gasteiger partial charge in [-0.05, 0) is 35.5 Å². The van der Waals surface area contributed by atoms with Crippen LogP contribution in [0.3, 0.4) is 0 Å². The van der Waals surface area contributed by atoms with E-state index in [4.69, 9.17) is 9.47 Å². The second-order valence-electron chi connectivity index (χ2n) is 4.32. The molecule has 2 aliphatic rings. The Morgan fingerprint density at radius 3 is 2.84 bits per heavy atom. The van der Waals surface area contributed by atoms with Crippen LogP contribution >= 0.6 is 11.8 Å². The lowest BCUT2D eigenvalue weighted by Crippen LogP contribution is -2.16. The van der Waals surface area contributed by atoms with Crippen LogP contribution in [0, 0.1) is 0 Å². The van der Waals surface area contributed by atoms with E-state index in [0.717, 1.165) is 11.3 Å². The molecule has 0 aliphatic carbocycles. The molecule has 0 saturated carbocycles. The summed E-state index contributed by atoms with van der Waals surface area (Å²) in [5.74, 6) is 1.24. The van der Waals surface area contributed by atoms with Gasteiger partial charge in [-0.15, -0.1) is 0 Å². The number of carbonyl (C=O) groups is 1. The van der Waals surface area contributed by atoms with Gasteiger partial charge in [0, 0.05) is 14.1 Å². The van der Waals surface area contributed by atoms with Gasteiger partial charge in [-0.1, -0.05) is 6.07 Å². The van der Waals surface area contributed by atoms with Crippen LogP contribution in [0.4, 0.5) is 0 Å². The Morgan fingerprint density at radius 1 is 1.32 bits per heavy atom. The second kappa shape index (κ2) is 4.62. The number of ether oxygens (including phenoxy) is 2. The summed E-state index contributed by atoms with van der Waals surface area (Å²) in [4.78, 5) is 18.2. The summed E-state index contributed by atoms with van der Waals surface area (Å²) in [6.45, 7) is 0.247. The van der Waals surface area contributed by atoms with Crippen molar-refractivity contribution in [3.05, 3.63) is 28.7 Å². The SMILES string of the molecule is CN(C)C1=NC(=O)C(=Cc2ccc3c(c2)OCO3)S1. The lowest BCUT2D eigenvalue weighted by molar-refractivity contribution is -0.113. The second-order valence-corrected chi connectivity index (χ2v) is 5.33. The van der Waals surface area contributed by atoms with Gasteiger partial charge in [0.2, 0.25) is 6.79 Å². The number of fused-ring (bicyclic) bond motifs is 1. The molecule has 0 spiro atoms. The van der Waals surface area contributed by atoms with Crippen molar-refractivity contribution in [1.29, 1.82) is 0 Å². The maximum Gasteiger partial charge on any atom is 0.286 e. The molecule has 0 atom stereocenters. The highest BCUT2D eigenvalue weighted by Crippen LogP contribution is 2.35. The molecule has 19 heavy (non-hydrogen) atoms. The topological polar surface area (TPSA) is 51.1 Å². The van der Waals surface area contributed by atoms with Crippen LogP contribution in [0.15, 0.2) is 28.1 Å². The van der Waals surface area contributed by atoms with E-state index in [2.05, 4.69) is 4.99 Å². The highest BCUT2D eigenvalue weighted by Gasteiger charge is 2.23. The zero-order valence-corrected chi connectivity index (χ0v) is 11.4. The molecule has 3 rings (SSSR count). The van der Waals surface area contributed by atoms with Crippen LogP contribution in [0.5, 0.6) is 11.5 Å². The predicted molar refractivity (Wildman–Crippen MR) is 74.3 cm³/mol. The Hall–Kier alpha value is -1.95. The average Bonchev–Trinajstić information content (AvgIpc) is 2.96. The van der Waals surface area contributed by atoms with Crippen molar-refractivity contribution in [3.8, 4) is 11.5 Å². The summed E-state index contributed by atoms with van der Waals surface area (Å²) in [5, 5.41) is 0.706. The van der Waals surface area contributed by atoms with Crippen molar-refractivity contribution in [2.75, 3.05) is 20.9 Å². The molecular weight excluding hydrogens is 264 g/mol. The zero-order chi connectivity index (χ0) is 13.4. The number of carbonyl (C=O) groups excluding carboxylic acids is 1. The number of hydrogen-bond acceptors (Lipinski definition) is 5. The maximum atomic E-state index is 11.8. The molecular formula is C13H12N2O3S. The summed E-state index contributed by atoms with van der Waals surface area (Å²) < 4.78 is 10.6. The Balaban J connectivity index is 1.85. The van der Waals surface area contributed by atoms with E-state index in [-0.39, 0.29) is 12.7 Å². The molecule has 1 aromatic rings. The van der Waals surface area contributed by atoms with E-state index < -0.39 is 0 Å². The first-order valence-electron chi connectivity index (χ1n) is 5.73.